The minimum atomic E-state index is -0.583. The Kier molecular flexibility index (Phi) is 5.45. The number of amides is 1. The molecule has 8 nitrogen and oxygen atoms in total. The fraction of sp³-hybridized carbons (Fsp3) is 0.333. The molecule has 1 rings (SSSR count). The molecule has 1 aromatic carbocycles. The zero-order valence-corrected chi connectivity index (χ0v) is 10.9. The SMILES string of the molecule is COC(=O)c1ccc([N+](=O)[O-])c(NCCCC(N)=O)c1. The molecule has 3 N–H and O–H groups in total. The molecule has 0 atom stereocenters. The summed E-state index contributed by atoms with van der Waals surface area (Å²) in [5.41, 5.74) is 5.24. The molecule has 0 aromatic heterocycles. The van der Waals surface area contributed by atoms with Crippen LogP contribution >= 0.6 is 0 Å². The molecule has 0 unspecified atom stereocenters. The second kappa shape index (κ2) is 7.07. The third-order valence-corrected chi connectivity index (χ3v) is 2.53. The predicted octanol–water partition coefficient (Wildman–Crippen LogP) is 1.06. The molecular formula is C12H15N3O5. The lowest BCUT2D eigenvalue weighted by Gasteiger charge is -2.08. The number of ether oxygens (including phenoxy) is 1. The molecule has 108 valence electrons. The Morgan fingerprint density at radius 2 is 2.15 bits per heavy atom. The lowest BCUT2D eigenvalue weighted by Crippen LogP contribution is -2.13. The van der Waals surface area contributed by atoms with Crippen molar-refractivity contribution in [3.63, 3.8) is 0 Å². The number of nitrogens with two attached hydrogens (primary N) is 1. The van der Waals surface area contributed by atoms with E-state index in [2.05, 4.69) is 10.1 Å². The van der Waals surface area contributed by atoms with Gasteiger partial charge in [0.15, 0.2) is 0 Å². The maximum atomic E-state index is 11.4. The number of carbonyl (C=O) groups excluding carboxylic acids is 2. The summed E-state index contributed by atoms with van der Waals surface area (Å²) in [4.78, 5) is 32.3. The number of nitrogens with one attached hydrogen (secondary N) is 1. The lowest BCUT2D eigenvalue weighted by molar-refractivity contribution is -0.384. The van der Waals surface area contributed by atoms with Crippen LogP contribution in [0.1, 0.15) is 23.2 Å². The summed E-state index contributed by atoms with van der Waals surface area (Å²) in [5.74, 6) is -1.02. The van der Waals surface area contributed by atoms with Gasteiger partial charge in [0, 0.05) is 19.0 Å². The number of hydrogen-bond acceptors (Lipinski definition) is 6. The molecule has 0 aliphatic rings. The van der Waals surface area contributed by atoms with Gasteiger partial charge in [-0.2, -0.15) is 0 Å². The minimum absolute atomic E-state index is 0.156. The first-order valence-corrected chi connectivity index (χ1v) is 5.84. The van der Waals surface area contributed by atoms with Crippen LogP contribution in [0.3, 0.4) is 0 Å². The highest BCUT2D eigenvalue weighted by molar-refractivity contribution is 5.91. The summed E-state index contributed by atoms with van der Waals surface area (Å²) >= 11 is 0. The van der Waals surface area contributed by atoms with E-state index in [1.165, 1.54) is 25.3 Å². The smallest absolute Gasteiger partial charge is 0.337 e. The van der Waals surface area contributed by atoms with E-state index in [0.29, 0.717) is 13.0 Å². The normalized spacial score (nSPS) is 9.85. The maximum absolute atomic E-state index is 11.4. The van der Waals surface area contributed by atoms with Gasteiger partial charge in [-0.1, -0.05) is 0 Å². The van der Waals surface area contributed by atoms with Gasteiger partial charge < -0.3 is 15.8 Å². The Morgan fingerprint density at radius 1 is 1.45 bits per heavy atom. The van der Waals surface area contributed by atoms with Crippen molar-refractivity contribution in [1.29, 1.82) is 0 Å². The highest BCUT2D eigenvalue weighted by Gasteiger charge is 2.16. The monoisotopic (exact) mass is 281 g/mol. The number of nitrogens with zero attached hydrogens (tertiary/aromatic N) is 1. The van der Waals surface area contributed by atoms with Crippen LogP contribution in [0, 0.1) is 10.1 Å². The fourth-order valence-electron chi connectivity index (χ4n) is 1.57. The Bertz CT molecular complexity index is 530. The van der Waals surface area contributed by atoms with Gasteiger partial charge >= 0.3 is 5.97 Å². The Balaban J connectivity index is 2.86. The molecule has 20 heavy (non-hydrogen) atoms. The Hall–Kier alpha value is -2.64. The van der Waals surface area contributed by atoms with Crippen LogP contribution in [0.5, 0.6) is 0 Å². The second-order valence-electron chi connectivity index (χ2n) is 3.98. The summed E-state index contributed by atoms with van der Waals surface area (Å²) < 4.78 is 4.55. The van der Waals surface area contributed by atoms with Crippen molar-refractivity contribution in [1.82, 2.24) is 0 Å². The molecule has 0 saturated heterocycles. The van der Waals surface area contributed by atoms with E-state index in [1.807, 2.05) is 0 Å². The van der Waals surface area contributed by atoms with E-state index >= 15 is 0 Å². The second-order valence-corrected chi connectivity index (χ2v) is 3.98. The number of methoxy groups -OCH3 is 1. The minimum Gasteiger partial charge on any atom is -0.465 e. The number of rotatable bonds is 7. The first-order chi connectivity index (χ1) is 9.45. The van der Waals surface area contributed by atoms with Gasteiger partial charge in [0.25, 0.3) is 5.69 Å². The van der Waals surface area contributed by atoms with Crippen LogP contribution < -0.4 is 11.1 Å². The van der Waals surface area contributed by atoms with Gasteiger partial charge in [-0.15, -0.1) is 0 Å². The van der Waals surface area contributed by atoms with Gasteiger partial charge in [0.05, 0.1) is 17.6 Å². The fourth-order valence-corrected chi connectivity index (χ4v) is 1.57. The Labute approximate surface area is 115 Å². The highest BCUT2D eigenvalue weighted by Crippen LogP contribution is 2.25. The third-order valence-electron chi connectivity index (χ3n) is 2.53. The molecule has 1 amide bonds. The molecule has 0 fully saturated rings. The van der Waals surface area contributed by atoms with E-state index < -0.39 is 16.8 Å². The topological polar surface area (TPSA) is 125 Å². The molecule has 0 spiro atoms. The van der Waals surface area contributed by atoms with E-state index in [9.17, 15) is 19.7 Å². The molecule has 0 heterocycles. The third kappa shape index (κ3) is 4.23. The number of benzene rings is 1. The van der Waals surface area contributed by atoms with Gasteiger partial charge in [-0.25, -0.2) is 4.79 Å². The summed E-state index contributed by atoms with van der Waals surface area (Å²) in [5, 5.41) is 13.7. The highest BCUT2D eigenvalue weighted by atomic mass is 16.6. The quantitative estimate of drug-likeness (QED) is 0.333. The standard InChI is InChI=1S/C12H15N3O5/c1-20-12(17)8-4-5-10(15(18)19)9(7-8)14-6-2-3-11(13)16/h4-5,7,14H,2-3,6H2,1H3,(H2,13,16). The Morgan fingerprint density at radius 3 is 2.70 bits per heavy atom. The molecular weight excluding hydrogens is 266 g/mol. The van der Waals surface area contributed by atoms with Crippen LogP contribution in [0.4, 0.5) is 11.4 Å². The number of carbonyl (C=O) groups is 2. The van der Waals surface area contributed by atoms with Gasteiger partial charge in [0.1, 0.15) is 5.69 Å². The summed E-state index contributed by atoms with van der Waals surface area (Å²) in [6.45, 7) is 0.328. The van der Waals surface area contributed by atoms with Crippen molar-refractivity contribution in [2.45, 2.75) is 12.8 Å². The number of hydrogen-bond donors (Lipinski definition) is 2. The van der Waals surface area contributed by atoms with Crippen molar-refractivity contribution >= 4 is 23.3 Å². The largest absolute Gasteiger partial charge is 0.465 e. The first kappa shape index (κ1) is 15.4. The van der Waals surface area contributed by atoms with Crippen LogP contribution in [-0.4, -0.2) is 30.5 Å². The van der Waals surface area contributed by atoms with Crippen molar-refractivity contribution in [2.24, 2.45) is 5.73 Å². The zero-order chi connectivity index (χ0) is 15.1. The predicted molar refractivity (Wildman–Crippen MR) is 71.4 cm³/mol. The summed E-state index contributed by atoms with van der Waals surface area (Å²) in [6, 6.07) is 3.88. The lowest BCUT2D eigenvalue weighted by atomic mass is 10.1. The van der Waals surface area contributed by atoms with E-state index in [4.69, 9.17) is 5.73 Å². The van der Waals surface area contributed by atoms with Crippen LogP contribution in [0.25, 0.3) is 0 Å². The maximum Gasteiger partial charge on any atom is 0.337 e. The van der Waals surface area contributed by atoms with Crippen LogP contribution in [-0.2, 0) is 9.53 Å². The number of anilines is 1. The summed E-state index contributed by atoms with van der Waals surface area (Å²) in [7, 11) is 1.23. The average Bonchev–Trinajstić information content (AvgIpc) is 2.42. The summed E-state index contributed by atoms with van der Waals surface area (Å²) in [6.07, 6.45) is 0.617. The zero-order valence-electron chi connectivity index (χ0n) is 10.9. The molecule has 8 heteroatoms. The number of primary amides is 1. The first-order valence-electron chi connectivity index (χ1n) is 5.84. The number of nitro groups is 1. The molecule has 1 aromatic rings. The molecule has 0 saturated carbocycles. The van der Waals surface area contributed by atoms with Crippen LogP contribution in [0.15, 0.2) is 18.2 Å². The van der Waals surface area contributed by atoms with Gasteiger partial charge in [-0.3, -0.25) is 14.9 Å². The average molecular weight is 281 g/mol. The van der Waals surface area contributed by atoms with E-state index in [1.54, 1.807) is 0 Å². The van der Waals surface area contributed by atoms with Crippen molar-refractivity contribution in [3.05, 3.63) is 33.9 Å². The molecule has 0 bridgehead atoms. The van der Waals surface area contributed by atoms with Gasteiger partial charge in [0.2, 0.25) is 5.91 Å². The molecule has 0 radical (unpaired) electrons. The number of nitro benzene ring substituents is 1. The van der Waals surface area contributed by atoms with Crippen molar-refractivity contribution in [3.8, 4) is 0 Å². The number of esters is 1. The van der Waals surface area contributed by atoms with E-state index in [0.717, 1.165) is 0 Å². The van der Waals surface area contributed by atoms with Crippen molar-refractivity contribution in [2.75, 3.05) is 19.0 Å². The molecule has 0 aliphatic heterocycles. The van der Waals surface area contributed by atoms with E-state index in [-0.39, 0.29) is 23.4 Å². The van der Waals surface area contributed by atoms with Gasteiger partial charge in [-0.05, 0) is 18.6 Å². The van der Waals surface area contributed by atoms with Crippen molar-refractivity contribution < 1.29 is 19.2 Å². The molecule has 0 aliphatic carbocycles. The van der Waals surface area contributed by atoms with Crippen LogP contribution in [0.2, 0.25) is 0 Å².